The van der Waals surface area contributed by atoms with E-state index in [9.17, 15) is 0 Å². The Hall–Kier alpha value is 0.463. The minimum absolute atomic E-state index is 0.0556. The first kappa shape index (κ1) is 7.46. The van der Waals surface area contributed by atoms with E-state index < -0.39 is 0 Å². The van der Waals surface area contributed by atoms with Crippen LogP contribution in [0, 0.1) is 0 Å². The Bertz CT molecular complexity index is 39.0. The van der Waals surface area contributed by atoms with Gasteiger partial charge in [0.1, 0.15) is 0 Å². The second kappa shape index (κ2) is 3.46. The number of rotatable bonds is 2. The number of nitrogens with zero attached hydrogens (tertiary/aromatic N) is 2. The van der Waals surface area contributed by atoms with E-state index in [1.807, 2.05) is 0 Å². The number of hydrogen-bond acceptors (Lipinski definition) is 2. The quantitative estimate of drug-likeness (QED) is 0.510. The molecule has 0 rings (SSSR count). The molecule has 0 aromatic rings. The van der Waals surface area contributed by atoms with Crippen molar-refractivity contribution in [1.29, 1.82) is 0 Å². The van der Waals surface area contributed by atoms with E-state index in [-0.39, 0.29) is 15.9 Å². The van der Waals surface area contributed by atoms with Gasteiger partial charge in [0.05, 0.1) is 0 Å². The zero-order valence-corrected chi connectivity index (χ0v) is 7.49. The SMILES string of the molecule is C[N](C)[Ge][N](C)C. The molecule has 0 aliphatic rings. The molecule has 0 atom stereocenters. The average molecular weight is 161 g/mol. The molecular weight excluding hydrogens is 149 g/mol. The van der Waals surface area contributed by atoms with Crippen molar-refractivity contribution in [1.82, 2.24) is 7.71 Å². The molecule has 0 fully saturated rings. The monoisotopic (exact) mass is 162 g/mol. The van der Waals surface area contributed by atoms with Crippen molar-refractivity contribution >= 4 is 15.9 Å². The minimum atomic E-state index is 0.0556. The molecule has 0 unspecified atom stereocenters. The molecule has 2 radical (unpaired) electrons. The van der Waals surface area contributed by atoms with Crippen LogP contribution in [0.1, 0.15) is 0 Å². The van der Waals surface area contributed by atoms with Crippen LogP contribution in [0.15, 0.2) is 0 Å². The summed E-state index contributed by atoms with van der Waals surface area (Å²) in [5, 5.41) is 0. The van der Waals surface area contributed by atoms with Crippen LogP contribution in [-0.2, 0) is 0 Å². The van der Waals surface area contributed by atoms with Crippen LogP contribution in [0.2, 0.25) is 0 Å². The molecule has 7 heavy (non-hydrogen) atoms. The Balaban J connectivity index is 2.95. The van der Waals surface area contributed by atoms with Gasteiger partial charge < -0.3 is 0 Å². The zero-order valence-electron chi connectivity index (χ0n) is 5.39. The first-order valence-electron chi connectivity index (χ1n) is 2.24. The maximum absolute atomic E-state index is 2.25. The van der Waals surface area contributed by atoms with Gasteiger partial charge in [-0.05, 0) is 0 Å². The molecule has 0 spiro atoms. The van der Waals surface area contributed by atoms with Gasteiger partial charge in [-0.25, -0.2) is 0 Å². The fourth-order valence-corrected chi connectivity index (χ4v) is 2.08. The van der Waals surface area contributed by atoms with Crippen LogP contribution in [0.3, 0.4) is 0 Å². The zero-order chi connectivity index (χ0) is 5.86. The van der Waals surface area contributed by atoms with Crippen molar-refractivity contribution in [3.05, 3.63) is 0 Å². The third kappa shape index (κ3) is 6.46. The van der Waals surface area contributed by atoms with Crippen LogP contribution in [0.25, 0.3) is 0 Å². The average Bonchev–Trinajstić information content (AvgIpc) is 1.27. The van der Waals surface area contributed by atoms with Gasteiger partial charge in [-0.1, -0.05) is 0 Å². The Labute approximate surface area is 52.4 Å². The van der Waals surface area contributed by atoms with Crippen molar-refractivity contribution in [3.8, 4) is 0 Å². The molecule has 0 bridgehead atoms. The molecule has 42 valence electrons. The van der Waals surface area contributed by atoms with Crippen LogP contribution in [-0.4, -0.2) is 51.8 Å². The van der Waals surface area contributed by atoms with E-state index in [2.05, 4.69) is 35.9 Å². The standard InChI is InChI=1S/C4H12GeN2/c1-6(2)5-7(3)4/h1-4H3. The molecule has 3 heteroatoms. The van der Waals surface area contributed by atoms with Gasteiger partial charge in [-0.3, -0.25) is 0 Å². The van der Waals surface area contributed by atoms with Crippen molar-refractivity contribution < 1.29 is 0 Å². The summed E-state index contributed by atoms with van der Waals surface area (Å²) in [6.07, 6.45) is 0. The summed E-state index contributed by atoms with van der Waals surface area (Å²) in [7, 11) is 8.44. The predicted molar refractivity (Wildman–Crippen MR) is 33.1 cm³/mol. The van der Waals surface area contributed by atoms with Gasteiger partial charge in [0.25, 0.3) is 0 Å². The van der Waals surface area contributed by atoms with Gasteiger partial charge in [-0.15, -0.1) is 0 Å². The van der Waals surface area contributed by atoms with Crippen molar-refractivity contribution in [2.75, 3.05) is 28.2 Å². The van der Waals surface area contributed by atoms with Gasteiger partial charge in [-0.2, -0.15) is 0 Å². The normalized spacial score (nSPS) is 11.1. The van der Waals surface area contributed by atoms with Crippen molar-refractivity contribution in [2.45, 2.75) is 0 Å². The molecule has 0 aliphatic heterocycles. The van der Waals surface area contributed by atoms with E-state index in [0.717, 1.165) is 0 Å². The van der Waals surface area contributed by atoms with Gasteiger partial charge in [0, 0.05) is 0 Å². The first-order valence-corrected chi connectivity index (χ1v) is 4.11. The summed E-state index contributed by atoms with van der Waals surface area (Å²) >= 11 is 0.0556. The Morgan fingerprint density at radius 2 is 1.14 bits per heavy atom. The Morgan fingerprint density at radius 1 is 0.857 bits per heavy atom. The Kier molecular flexibility index (Phi) is 3.69. The molecule has 0 aromatic heterocycles. The summed E-state index contributed by atoms with van der Waals surface area (Å²) < 4.78 is 4.50. The molecule has 0 amide bonds. The molecule has 0 saturated carbocycles. The summed E-state index contributed by atoms with van der Waals surface area (Å²) in [5.74, 6) is 0. The molecule has 2 nitrogen and oxygen atoms in total. The predicted octanol–water partition coefficient (Wildman–Crippen LogP) is -0.356. The van der Waals surface area contributed by atoms with Crippen LogP contribution >= 0.6 is 0 Å². The summed E-state index contributed by atoms with van der Waals surface area (Å²) in [6.45, 7) is 0. The molecule has 0 aliphatic carbocycles. The van der Waals surface area contributed by atoms with E-state index in [4.69, 9.17) is 0 Å². The third-order valence-electron chi connectivity index (χ3n) is 0.400. The molecular formula is C4H12GeN2. The van der Waals surface area contributed by atoms with Crippen molar-refractivity contribution in [3.63, 3.8) is 0 Å². The second-order valence-corrected chi connectivity index (χ2v) is 6.06. The summed E-state index contributed by atoms with van der Waals surface area (Å²) in [4.78, 5) is 0. The van der Waals surface area contributed by atoms with Gasteiger partial charge in [0.15, 0.2) is 0 Å². The summed E-state index contributed by atoms with van der Waals surface area (Å²) in [5.41, 5.74) is 0. The Morgan fingerprint density at radius 3 is 1.14 bits per heavy atom. The van der Waals surface area contributed by atoms with Crippen LogP contribution in [0.5, 0.6) is 0 Å². The fraction of sp³-hybridized carbons (Fsp3) is 1.00. The van der Waals surface area contributed by atoms with E-state index in [1.54, 1.807) is 0 Å². The maximum atomic E-state index is 2.25. The van der Waals surface area contributed by atoms with Gasteiger partial charge >= 0.3 is 51.8 Å². The van der Waals surface area contributed by atoms with E-state index in [0.29, 0.717) is 0 Å². The fourth-order valence-electron chi connectivity index (χ4n) is 0.400. The molecule has 0 heterocycles. The second-order valence-electron chi connectivity index (χ2n) is 1.89. The molecule has 0 aromatic carbocycles. The van der Waals surface area contributed by atoms with Crippen LogP contribution < -0.4 is 0 Å². The first-order chi connectivity index (χ1) is 3.13. The van der Waals surface area contributed by atoms with Crippen LogP contribution in [0.4, 0.5) is 0 Å². The van der Waals surface area contributed by atoms with E-state index >= 15 is 0 Å². The molecule has 0 saturated heterocycles. The molecule has 0 N–H and O–H groups in total. The topological polar surface area (TPSA) is 6.48 Å². The van der Waals surface area contributed by atoms with E-state index in [1.165, 1.54) is 0 Å². The van der Waals surface area contributed by atoms with Crippen molar-refractivity contribution in [2.24, 2.45) is 0 Å². The number of hydrogen-bond donors (Lipinski definition) is 0. The van der Waals surface area contributed by atoms with Gasteiger partial charge in [0.2, 0.25) is 0 Å². The third-order valence-corrected chi connectivity index (χ3v) is 2.08. The summed E-state index contributed by atoms with van der Waals surface area (Å²) in [6, 6.07) is 0.